The molecule has 0 fully saturated rings. The molecule has 0 heterocycles. The quantitative estimate of drug-likeness (QED) is 0.566. The van der Waals surface area contributed by atoms with Gasteiger partial charge in [-0.25, -0.2) is 21.6 Å². The molecule has 10 heteroatoms. The smallest absolute Gasteiger partial charge is 0.240 e. The van der Waals surface area contributed by atoms with Gasteiger partial charge in [0.2, 0.25) is 26.0 Å². The molecular formula is C11H17N3O5S2. The van der Waals surface area contributed by atoms with Crippen LogP contribution in [0, 0.1) is 6.92 Å². The summed E-state index contributed by atoms with van der Waals surface area (Å²) in [7, 11) is -7.23. The van der Waals surface area contributed by atoms with Crippen LogP contribution in [0.1, 0.15) is 12.0 Å². The van der Waals surface area contributed by atoms with E-state index in [0.29, 0.717) is 0 Å². The predicted octanol–water partition coefficient (Wildman–Crippen LogP) is -0.756. The molecule has 0 aliphatic carbocycles. The molecule has 3 N–H and O–H groups in total. The van der Waals surface area contributed by atoms with E-state index < -0.39 is 26.0 Å². The second-order valence-corrected chi connectivity index (χ2v) is 7.90. The molecule has 0 saturated carbocycles. The van der Waals surface area contributed by atoms with E-state index in [1.165, 1.54) is 12.1 Å². The molecule has 0 aromatic heterocycles. The first kappa shape index (κ1) is 17.6. The summed E-state index contributed by atoms with van der Waals surface area (Å²) in [6.45, 7) is 1.69. The van der Waals surface area contributed by atoms with Crippen molar-refractivity contribution in [2.75, 3.05) is 12.8 Å². The third kappa shape index (κ3) is 6.67. The van der Waals surface area contributed by atoms with Crippen LogP contribution in [0.25, 0.3) is 0 Å². The third-order valence-electron chi connectivity index (χ3n) is 2.35. The molecule has 8 nitrogen and oxygen atoms in total. The molecule has 118 valence electrons. The highest BCUT2D eigenvalue weighted by molar-refractivity contribution is 7.89. The van der Waals surface area contributed by atoms with Crippen molar-refractivity contribution in [3.8, 4) is 0 Å². The van der Waals surface area contributed by atoms with Crippen molar-refractivity contribution in [3.05, 3.63) is 29.8 Å². The Morgan fingerprint density at radius 3 is 2.19 bits per heavy atom. The maximum Gasteiger partial charge on any atom is 0.240 e. The maximum atomic E-state index is 11.9. The summed E-state index contributed by atoms with van der Waals surface area (Å²) in [6, 6.07) is 6.25. The number of carbonyl (C=O) groups is 1. The number of hydrogen-bond acceptors (Lipinski definition) is 5. The predicted molar refractivity (Wildman–Crippen MR) is 77.1 cm³/mol. The Balaban J connectivity index is 2.48. The molecule has 0 aliphatic rings. The normalized spacial score (nSPS) is 12.1. The number of nitrogens with one attached hydrogen (secondary N) is 3. The van der Waals surface area contributed by atoms with E-state index in [0.717, 1.165) is 11.8 Å². The van der Waals surface area contributed by atoms with Crippen molar-refractivity contribution in [3.63, 3.8) is 0 Å². The fourth-order valence-corrected chi connectivity index (χ4v) is 2.64. The standard InChI is InChI=1S/C11H17N3O5S2/c1-9-3-5-10(6-4-9)21(18,19)12-8-7-11(15)13-14-20(2,16)17/h3-6,12,14H,7-8H2,1-2H3,(H,13,15). The molecule has 21 heavy (non-hydrogen) atoms. The van der Waals surface area contributed by atoms with Crippen LogP contribution in [0.5, 0.6) is 0 Å². The van der Waals surface area contributed by atoms with Gasteiger partial charge in [0.1, 0.15) is 0 Å². The van der Waals surface area contributed by atoms with Gasteiger partial charge in [0, 0.05) is 13.0 Å². The fraction of sp³-hybridized carbons (Fsp3) is 0.364. The summed E-state index contributed by atoms with van der Waals surface area (Å²) in [5.41, 5.74) is 2.88. The Hall–Kier alpha value is -1.49. The topological polar surface area (TPSA) is 121 Å². The lowest BCUT2D eigenvalue weighted by molar-refractivity contribution is -0.121. The Labute approximate surface area is 124 Å². The fourth-order valence-electron chi connectivity index (χ4n) is 1.31. The van der Waals surface area contributed by atoms with Crippen LogP contribution in [-0.4, -0.2) is 35.5 Å². The van der Waals surface area contributed by atoms with Crippen LogP contribution in [0.3, 0.4) is 0 Å². The van der Waals surface area contributed by atoms with Crippen LogP contribution < -0.4 is 15.0 Å². The molecule has 0 radical (unpaired) electrons. The molecule has 0 atom stereocenters. The Morgan fingerprint density at radius 1 is 1.10 bits per heavy atom. The highest BCUT2D eigenvalue weighted by Gasteiger charge is 2.14. The van der Waals surface area contributed by atoms with E-state index >= 15 is 0 Å². The third-order valence-corrected chi connectivity index (χ3v) is 4.30. The van der Waals surface area contributed by atoms with Crippen molar-refractivity contribution < 1.29 is 21.6 Å². The molecule has 0 saturated heterocycles. The molecule has 1 amide bonds. The van der Waals surface area contributed by atoms with E-state index in [9.17, 15) is 21.6 Å². The zero-order valence-corrected chi connectivity index (χ0v) is 13.2. The van der Waals surface area contributed by atoms with Crippen LogP contribution in [0.2, 0.25) is 0 Å². The number of amides is 1. The molecule has 0 unspecified atom stereocenters. The molecular weight excluding hydrogens is 318 g/mol. The first-order valence-corrected chi connectivity index (χ1v) is 9.29. The van der Waals surface area contributed by atoms with Crippen molar-refractivity contribution in [1.82, 2.24) is 15.0 Å². The number of benzene rings is 1. The molecule has 0 bridgehead atoms. The Bertz CT molecular complexity index is 696. The molecule has 1 aromatic rings. The minimum atomic E-state index is -3.68. The average molecular weight is 335 g/mol. The van der Waals surface area contributed by atoms with Crippen LogP contribution in [0.4, 0.5) is 0 Å². The number of aryl methyl sites for hydroxylation is 1. The largest absolute Gasteiger partial charge is 0.278 e. The van der Waals surface area contributed by atoms with Crippen molar-refractivity contribution in [2.45, 2.75) is 18.2 Å². The van der Waals surface area contributed by atoms with E-state index in [2.05, 4.69) is 4.72 Å². The van der Waals surface area contributed by atoms with E-state index in [1.54, 1.807) is 17.0 Å². The van der Waals surface area contributed by atoms with Gasteiger partial charge in [-0.1, -0.05) is 17.7 Å². The maximum absolute atomic E-state index is 11.9. The Kier molecular flexibility index (Phi) is 5.84. The van der Waals surface area contributed by atoms with Crippen LogP contribution in [0.15, 0.2) is 29.2 Å². The first-order chi connectivity index (χ1) is 9.60. The van der Waals surface area contributed by atoms with E-state index in [1.807, 2.05) is 12.3 Å². The van der Waals surface area contributed by atoms with Gasteiger partial charge in [-0.15, -0.1) is 4.83 Å². The lowest BCUT2D eigenvalue weighted by atomic mass is 10.2. The van der Waals surface area contributed by atoms with Gasteiger partial charge in [-0.2, -0.15) is 0 Å². The lowest BCUT2D eigenvalue weighted by Gasteiger charge is -2.08. The van der Waals surface area contributed by atoms with Crippen molar-refractivity contribution >= 4 is 26.0 Å². The molecule has 1 rings (SSSR count). The monoisotopic (exact) mass is 335 g/mol. The summed E-state index contributed by atoms with van der Waals surface area (Å²) in [4.78, 5) is 13.2. The number of carbonyl (C=O) groups excluding carboxylic acids is 1. The highest BCUT2D eigenvalue weighted by atomic mass is 32.2. The number of rotatable bonds is 7. The van der Waals surface area contributed by atoms with E-state index in [-0.39, 0.29) is 17.9 Å². The van der Waals surface area contributed by atoms with Gasteiger partial charge in [-0.05, 0) is 19.1 Å². The number of hydrogen-bond donors (Lipinski definition) is 3. The van der Waals surface area contributed by atoms with Gasteiger partial charge in [0.15, 0.2) is 0 Å². The zero-order chi connectivity index (χ0) is 16.1. The summed E-state index contributed by atoms with van der Waals surface area (Å²) >= 11 is 0. The van der Waals surface area contributed by atoms with Crippen molar-refractivity contribution in [1.29, 1.82) is 0 Å². The van der Waals surface area contributed by atoms with Gasteiger partial charge in [0.05, 0.1) is 11.2 Å². The van der Waals surface area contributed by atoms with Crippen molar-refractivity contribution in [2.24, 2.45) is 0 Å². The van der Waals surface area contributed by atoms with Crippen LogP contribution in [-0.2, 0) is 24.8 Å². The van der Waals surface area contributed by atoms with Crippen LogP contribution >= 0.6 is 0 Å². The van der Waals surface area contributed by atoms with Gasteiger partial charge in [-0.3, -0.25) is 10.2 Å². The molecule has 1 aromatic carbocycles. The molecule has 0 spiro atoms. The lowest BCUT2D eigenvalue weighted by Crippen LogP contribution is -2.42. The average Bonchev–Trinajstić information content (AvgIpc) is 2.36. The SMILES string of the molecule is Cc1ccc(S(=O)(=O)NCCC(=O)NNS(C)(=O)=O)cc1. The minimum Gasteiger partial charge on any atom is -0.278 e. The zero-order valence-electron chi connectivity index (χ0n) is 11.6. The summed E-state index contributed by atoms with van der Waals surface area (Å²) < 4.78 is 47.5. The van der Waals surface area contributed by atoms with Gasteiger partial charge in [0.25, 0.3) is 0 Å². The highest BCUT2D eigenvalue weighted by Crippen LogP contribution is 2.09. The second-order valence-electron chi connectivity index (χ2n) is 4.38. The van der Waals surface area contributed by atoms with Gasteiger partial charge >= 0.3 is 0 Å². The molecule has 0 aliphatic heterocycles. The first-order valence-electron chi connectivity index (χ1n) is 5.92. The number of hydrazine groups is 1. The Morgan fingerprint density at radius 2 is 1.67 bits per heavy atom. The van der Waals surface area contributed by atoms with Gasteiger partial charge < -0.3 is 0 Å². The van der Waals surface area contributed by atoms with E-state index in [4.69, 9.17) is 0 Å². The second kappa shape index (κ2) is 6.98. The summed E-state index contributed by atoms with van der Waals surface area (Å²) in [6.07, 6.45) is 0.682. The minimum absolute atomic E-state index is 0.0998. The number of sulfonamides is 2. The summed E-state index contributed by atoms with van der Waals surface area (Å²) in [5.74, 6) is -0.646. The summed E-state index contributed by atoms with van der Waals surface area (Å²) in [5, 5.41) is 0.